The van der Waals surface area contributed by atoms with E-state index in [-0.39, 0.29) is 23.2 Å². The van der Waals surface area contributed by atoms with Crippen molar-refractivity contribution >= 4 is 11.6 Å². The highest BCUT2D eigenvalue weighted by molar-refractivity contribution is 5.66. The van der Waals surface area contributed by atoms with E-state index >= 15 is 0 Å². The number of aromatic nitrogens is 2. The first-order chi connectivity index (χ1) is 9.69. The van der Waals surface area contributed by atoms with Crippen molar-refractivity contribution in [1.82, 2.24) is 15.1 Å². The van der Waals surface area contributed by atoms with Crippen LogP contribution >= 0.6 is 0 Å². The molecule has 0 saturated carbocycles. The lowest BCUT2D eigenvalue weighted by atomic mass is 10.2. The monoisotopic (exact) mass is 272 g/mol. The van der Waals surface area contributed by atoms with E-state index in [0.717, 1.165) is 13.1 Å². The van der Waals surface area contributed by atoms with Gasteiger partial charge in [-0.1, -0.05) is 6.07 Å². The summed E-state index contributed by atoms with van der Waals surface area (Å²) in [6, 6.07) is 8.18. The lowest BCUT2D eigenvalue weighted by Crippen LogP contribution is -2.51. The molecular weight excluding hydrogens is 259 g/mol. The maximum atomic E-state index is 13.3. The number of anilines is 2. The third kappa shape index (κ3) is 2.06. The van der Waals surface area contributed by atoms with E-state index in [4.69, 9.17) is 5.73 Å². The zero-order valence-corrected chi connectivity index (χ0v) is 10.6. The number of nitrogens with one attached hydrogen (secondary N) is 2. The van der Waals surface area contributed by atoms with Crippen molar-refractivity contribution in [1.29, 1.82) is 5.26 Å². The molecule has 0 radical (unpaired) electrons. The van der Waals surface area contributed by atoms with Gasteiger partial charge < -0.3 is 16.4 Å². The van der Waals surface area contributed by atoms with Crippen LogP contribution in [-0.4, -0.2) is 28.9 Å². The van der Waals surface area contributed by atoms with Gasteiger partial charge in [-0.3, -0.25) is 0 Å². The minimum atomic E-state index is -0.381. The molecule has 0 bridgehead atoms. The van der Waals surface area contributed by atoms with Crippen molar-refractivity contribution < 1.29 is 4.39 Å². The van der Waals surface area contributed by atoms with Gasteiger partial charge in [0.25, 0.3) is 0 Å². The third-order valence-electron chi connectivity index (χ3n) is 3.21. The first-order valence-corrected chi connectivity index (χ1v) is 6.21. The van der Waals surface area contributed by atoms with Gasteiger partial charge in [0.05, 0.1) is 11.7 Å². The van der Waals surface area contributed by atoms with E-state index in [1.165, 1.54) is 16.8 Å². The number of nitrogen functional groups attached to an aromatic ring is 1. The number of hydrogen-bond acceptors (Lipinski definition) is 5. The molecule has 0 amide bonds. The Labute approximate surface area is 115 Å². The van der Waals surface area contributed by atoms with E-state index in [1.54, 1.807) is 12.1 Å². The van der Waals surface area contributed by atoms with Crippen LogP contribution in [0.25, 0.3) is 5.69 Å². The maximum absolute atomic E-state index is 13.3. The fourth-order valence-corrected chi connectivity index (χ4v) is 2.03. The second kappa shape index (κ2) is 4.83. The van der Waals surface area contributed by atoms with Gasteiger partial charge in [0.15, 0.2) is 5.82 Å². The Morgan fingerprint density at radius 2 is 2.30 bits per heavy atom. The molecule has 4 N–H and O–H groups in total. The molecule has 2 heterocycles. The molecule has 20 heavy (non-hydrogen) atoms. The summed E-state index contributed by atoms with van der Waals surface area (Å²) in [6.07, 6.45) is 0. The molecule has 0 unspecified atom stereocenters. The number of rotatable bonds is 3. The van der Waals surface area contributed by atoms with Gasteiger partial charge in [0.2, 0.25) is 0 Å². The average molecular weight is 272 g/mol. The van der Waals surface area contributed by atoms with Gasteiger partial charge in [-0.05, 0) is 18.2 Å². The Morgan fingerprint density at radius 3 is 2.90 bits per heavy atom. The van der Waals surface area contributed by atoms with Crippen molar-refractivity contribution in [2.75, 3.05) is 24.1 Å². The third-order valence-corrected chi connectivity index (χ3v) is 3.21. The molecule has 1 saturated heterocycles. The Morgan fingerprint density at radius 1 is 1.50 bits per heavy atom. The van der Waals surface area contributed by atoms with Crippen LogP contribution in [0.3, 0.4) is 0 Å². The molecule has 2 aromatic rings. The number of benzene rings is 1. The first kappa shape index (κ1) is 12.4. The van der Waals surface area contributed by atoms with Crippen LogP contribution in [0, 0.1) is 17.1 Å². The van der Waals surface area contributed by atoms with Gasteiger partial charge in [-0.2, -0.15) is 5.26 Å². The molecule has 102 valence electrons. The summed E-state index contributed by atoms with van der Waals surface area (Å²) in [7, 11) is 0. The van der Waals surface area contributed by atoms with Crippen LogP contribution < -0.4 is 16.4 Å². The molecule has 0 atom stereocenters. The lowest BCUT2D eigenvalue weighted by molar-refractivity contribution is 0.470. The summed E-state index contributed by atoms with van der Waals surface area (Å²) < 4.78 is 14.6. The summed E-state index contributed by atoms with van der Waals surface area (Å²) in [5.74, 6) is 0.252. The Kier molecular flexibility index (Phi) is 3.00. The average Bonchev–Trinajstić information content (AvgIpc) is 2.70. The second-order valence-corrected chi connectivity index (χ2v) is 4.61. The molecule has 0 spiro atoms. The summed E-state index contributed by atoms with van der Waals surface area (Å²) >= 11 is 0. The first-order valence-electron chi connectivity index (χ1n) is 6.21. The summed E-state index contributed by atoms with van der Waals surface area (Å²) in [5.41, 5.74) is 6.70. The standard InChI is InChI=1S/C13H13FN6/c14-8-2-1-3-10(4-8)20-12(16)11(5-15)13(19-20)18-9-6-17-7-9/h1-4,9,17H,6-7,16H2,(H,18,19). The van der Waals surface area contributed by atoms with E-state index < -0.39 is 0 Å². The van der Waals surface area contributed by atoms with Gasteiger partial charge >= 0.3 is 0 Å². The Bertz CT molecular complexity index is 683. The van der Waals surface area contributed by atoms with Crippen molar-refractivity contribution in [2.24, 2.45) is 0 Å². The van der Waals surface area contributed by atoms with Gasteiger partial charge in [0.1, 0.15) is 23.3 Å². The number of hydrogen-bond donors (Lipinski definition) is 3. The highest BCUT2D eigenvalue weighted by Crippen LogP contribution is 2.25. The molecule has 6 nitrogen and oxygen atoms in total. The van der Waals surface area contributed by atoms with Crippen LogP contribution in [0.5, 0.6) is 0 Å². The van der Waals surface area contributed by atoms with E-state index in [9.17, 15) is 9.65 Å². The van der Waals surface area contributed by atoms with E-state index in [0.29, 0.717) is 11.5 Å². The van der Waals surface area contributed by atoms with E-state index in [2.05, 4.69) is 15.7 Å². The maximum Gasteiger partial charge on any atom is 0.169 e. The number of nitrogens with zero attached hydrogens (tertiary/aromatic N) is 3. The Balaban J connectivity index is 2.01. The summed E-state index contributed by atoms with van der Waals surface area (Å²) in [6.45, 7) is 1.63. The predicted molar refractivity (Wildman–Crippen MR) is 72.9 cm³/mol. The quantitative estimate of drug-likeness (QED) is 0.770. The summed E-state index contributed by atoms with van der Waals surface area (Å²) in [4.78, 5) is 0. The minimum Gasteiger partial charge on any atom is -0.382 e. The second-order valence-electron chi connectivity index (χ2n) is 4.61. The van der Waals surface area contributed by atoms with Crippen LogP contribution in [-0.2, 0) is 0 Å². The van der Waals surface area contributed by atoms with E-state index in [1.807, 2.05) is 6.07 Å². The molecule has 3 rings (SSSR count). The van der Waals surface area contributed by atoms with Crippen molar-refractivity contribution in [3.05, 3.63) is 35.6 Å². The predicted octanol–water partition coefficient (Wildman–Crippen LogP) is 0.849. The van der Waals surface area contributed by atoms with Crippen LogP contribution in [0.15, 0.2) is 24.3 Å². The number of nitriles is 1. The summed E-state index contributed by atoms with van der Waals surface area (Å²) in [5, 5.41) is 19.8. The minimum absolute atomic E-state index is 0.202. The van der Waals surface area contributed by atoms with Gasteiger partial charge in [0, 0.05) is 13.1 Å². The smallest absolute Gasteiger partial charge is 0.169 e. The molecule has 0 aliphatic carbocycles. The molecule has 1 aromatic carbocycles. The lowest BCUT2D eigenvalue weighted by Gasteiger charge is -2.27. The molecule has 1 aliphatic heterocycles. The molecule has 7 heteroatoms. The van der Waals surface area contributed by atoms with Crippen molar-refractivity contribution in [3.63, 3.8) is 0 Å². The molecular formula is C13H13FN6. The highest BCUT2D eigenvalue weighted by Gasteiger charge is 2.22. The largest absolute Gasteiger partial charge is 0.382 e. The fourth-order valence-electron chi connectivity index (χ4n) is 2.03. The number of nitrogens with two attached hydrogens (primary N) is 1. The zero-order valence-electron chi connectivity index (χ0n) is 10.6. The normalized spacial score (nSPS) is 14.6. The van der Waals surface area contributed by atoms with Gasteiger partial charge in [-0.15, -0.1) is 5.10 Å². The number of halogens is 1. The molecule has 1 aliphatic rings. The highest BCUT2D eigenvalue weighted by atomic mass is 19.1. The van der Waals surface area contributed by atoms with Gasteiger partial charge in [-0.25, -0.2) is 9.07 Å². The molecule has 1 fully saturated rings. The van der Waals surface area contributed by atoms with Crippen molar-refractivity contribution in [2.45, 2.75) is 6.04 Å². The SMILES string of the molecule is N#Cc1c(NC2CNC2)nn(-c2cccc(F)c2)c1N. The van der Waals surface area contributed by atoms with Crippen LogP contribution in [0.1, 0.15) is 5.56 Å². The topological polar surface area (TPSA) is 91.7 Å². The van der Waals surface area contributed by atoms with Crippen LogP contribution in [0.4, 0.5) is 16.0 Å². The van der Waals surface area contributed by atoms with Crippen molar-refractivity contribution in [3.8, 4) is 11.8 Å². The fraction of sp³-hybridized carbons (Fsp3) is 0.231. The van der Waals surface area contributed by atoms with Crippen LogP contribution in [0.2, 0.25) is 0 Å². The Hall–Kier alpha value is -2.59. The molecule has 1 aromatic heterocycles. The zero-order chi connectivity index (χ0) is 14.1.